The summed E-state index contributed by atoms with van der Waals surface area (Å²) < 4.78 is 0.525. The number of para-hydroxylation sites is 1. The molecular weight excluding hydrogens is 488 g/mol. The average Bonchev–Trinajstić information content (AvgIpc) is 3.14. The molecule has 0 unspecified atom stereocenters. The van der Waals surface area contributed by atoms with Crippen molar-refractivity contribution in [2.75, 3.05) is 6.54 Å². The van der Waals surface area contributed by atoms with Gasteiger partial charge in [-0.05, 0) is 66.4 Å². The van der Waals surface area contributed by atoms with Crippen molar-refractivity contribution in [3.63, 3.8) is 0 Å². The Morgan fingerprint density at radius 2 is 1.83 bits per heavy atom. The standard InChI is InChI=1S/C29H22N2O3S2/c1-18-15-22-6-2-3-8-24(22)30-26(18)23-7-4-5-20(16-23)17-25-27(32)31(29(35)36-25)14-13-19-9-11-21(12-10-19)28(33)34/h2-12,15-17H,13-14H2,1H3,(H,33,34)/b25-17-. The van der Waals surface area contributed by atoms with Crippen LogP contribution in [0, 0.1) is 6.92 Å². The van der Waals surface area contributed by atoms with E-state index in [4.69, 9.17) is 22.3 Å². The number of aromatic carboxylic acids is 1. The number of carboxylic acids is 1. The fourth-order valence-electron chi connectivity index (χ4n) is 4.19. The van der Waals surface area contributed by atoms with Crippen molar-refractivity contribution in [2.24, 2.45) is 0 Å². The average molecular weight is 511 g/mol. The van der Waals surface area contributed by atoms with E-state index in [9.17, 15) is 9.59 Å². The second-order valence-corrected chi connectivity index (χ2v) is 10.2. The SMILES string of the molecule is Cc1cc2ccccc2nc1-c1cccc(/C=C2\SC(=S)N(CCc3ccc(C(=O)O)cc3)C2=O)c1. The number of fused-ring (bicyclic) bond motifs is 1. The molecule has 1 aliphatic rings. The van der Waals surface area contributed by atoms with Crippen molar-refractivity contribution in [3.05, 3.63) is 106 Å². The van der Waals surface area contributed by atoms with Gasteiger partial charge in [-0.25, -0.2) is 9.78 Å². The van der Waals surface area contributed by atoms with Gasteiger partial charge in [0.1, 0.15) is 4.32 Å². The third kappa shape index (κ3) is 4.94. The van der Waals surface area contributed by atoms with Crippen molar-refractivity contribution in [1.29, 1.82) is 0 Å². The summed E-state index contributed by atoms with van der Waals surface area (Å²) in [5.41, 5.74) is 6.05. The maximum Gasteiger partial charge on any atom is 0.335 e. The number of pyridine rings is 1. The van der Waals surface area contributed by atoms with Gasteiger partial charge in [0.05, 0.1) is 21.7 Å². The number of aromatic nitrogens is 1. The molecule has 0 aliphatic carbocycles. The molecule has 1 fully saturated rings. The Balaban J connectivity index is 1.34. The Morgan fingerprint density at radius 3 is 2.61 bits per heavy atom. The van der Waals surface area contributed by atoms with Crippen LogP contribution in [0.1, 0.15) is 27.0 Å². The van der Waals surface area contributed by atoms with Gasteiger partial charge in [-0.1, -0.05) is 72.5 Å². The highest BCUT2D eigenvalue weighted by atomic mass is 32.2. The molecule has 3 aromatic carbocycles. The summed E-state index contributed by atoms with van der Waals surface area (Å²) in [5, 5.41) is 10.2. The van der Waals surface area contributed by atoms with Crippen LogP contribution in [0.4, 0.5) is 0 Å². The number of hydrogen-bond donors (Lipinski definition) is 1. The maximum absolute atomic E-state index is 13.1. The van der Waals surface area contributed by atoms with Gasteiger partial charge in [0.15, 0.2) is 0 Å². The fourth-order valence-corrected chi connectivity index (χ4v) is 5.50. The number of aryl methyl sites for hydroxylation is 1. The summed E-state index contributed by atoms with van der Waals surface area (Å²) in [6.07, 6.45) is 2.46. The first-order valence-corrected chi connectivity index (χ1v) is 12.7. The summed E-state index contributed by atoms with van der Waals surface area (Å²) in [6.45, 7) is 2.50. The minimum Gasteiger partial charge on any atom is -0.478 e. The topological polar surface area (TPSA) is 70.5 Å². The van der Waals surface area contributed by atoms with Crippen molar-refractivity contribution < 1.29 is 14.7 Å². The molecule has 1 saturated heterocycles. The van der Waals surface area contributed by atoms with Gasteiger partial charge < -0.3 is 5.11 Å². The molecule has 1 aliphatic heterocycles. The minimum absolute atomic E-state index is 0.113. The van der Waals surface area contributed by atoms with Gasteiger partial charge in [-0.3, -0.25) is 9.69 Å². The van der Waals surface area contributed by atoms with E-state index in [1.807, 2.05) is 48.5 Å². The van der Waals surface area contributed by atoms with E-state index in [1.54, 1.807) is 29.2 Å². The second-order valence-electron chi connectivity index (χ2n) is 8.56. The second kappa shape index (κ2) is 10.0. The van der Waals surface area contributed by atoms with E-state index < -0.39 is 5.97 Å². The molecule has 0 atom stereocenters. The number of nitrogens with zero attached hydrogens (tertiary/aromatic N) is 2. The molecule has 36 heavy (non-hydrogen) atoms. The molecule has 178 valence electrons. The van der Waals surface area contributed by atoms with Crippen LogP contribution in [0.3, 0.4) is 0 Å². The maximum atomic E-state index is 13.1. The number of benzene rings is 3. The van der Waals surface area contributed by atoms with Gasteiger partial charge in [0, 0.05) is 17.5 Å². The molecule has 0 radical (unpaired) electrons. The molecule has 1 amide bonds. The molecule has 5 nitrogen and oxygen atoms in total. The van der Waals surface area contributed by atoms with E-state index in [-0.39, 0.29) is 11.5 Å². The largest absolute Gasteiger partial charge is 0.478 e. The summed E-state index contributed by atoms with van der Waals surface area (Å²) in [4.78, 5) is 31.2. The number of amides is 1. The third-order valence-electron chi connectivity index (χ3n) is 6.07. The van der Waals surface area contributed by atoms with Crippen LogP contribution in [-0.4, -0.2) is 37.7 Å². The normalized spacial score (nSPS) is 14.7. The van der Waals surface area contributed by atoms with Gasteiger partial charge >= 0.3 is 5.97 Å². The Kier molecular flexibility index (Phi) is 6.67. The lowest BCUT2D eigenvalue weighted by atomic mass is 10.0. The van der Waals surface area contributed by atoms with Gasteiger partial charge in [-0.2, -0.15) is 0 Å². The van der Waals surface area contributed by atoms with E-state index in [0.29, 0.717) is 22.2 Å². The minimum atomic E-state index is -0.959. The zero-order valence-electron chi connectivity index (χ0n) is 19.5. The molecule has 0 saturated carbocycles. The zero-order valence-corrected chi connectivity index (χ0v) is 21.1. The third-order valence-corrected chi connectivity index (χ3v) is 7.45. The van der Waals surface area contributed by atoms with Crippen molar-refractivity contribution in [1.82, 2.24) is 9.88 Å². The molecular formula is C29H22N2O3S2. The van der Waals surface area contributed by atoms with Crippen molar-refractivity contribution in [3.8, 4) is 11.3 Å². The van der Waals surface area contributed by atoms with Crippen LogP contribution in [0.25, 0.3) is 28.2 Å². The van der Waals surface area contributed by atoms with Crippen molar-refractivity contribution >= 4 is 57.2 Å². The summed E-state index contributed by atoms with van der Waals surface area (Å²) in [6, 6.07) is 24.9. The zero-order chi connectivity index (χ0) is 25.2. The van der Waals surface area contributed by atoms with Crippen LogP contribution >= 0.6 is 24.0 Å². The van der Waals surface area contributed by atoms with Crippen LogP contribution in [-0.2, 0) is 11.2 Å². The highest BCUT2D eigenvalue weighted by Gasteiger charge is 2.31. The summed E-state index contributed by atoms with van der Waals surface area (Å²) in [7, 11) is 0. The van der Waals surface area contributed by atoms with Gasteiger partial charge in [0.25, 0.3) is 5.91 Å². The first-order chi connectivity index (χ1) is 17.4. The lowest BCUT2D eigenvalue weighted by Gasteiger charge is -2.14. The number of thiocarbonyl (C=S) groups is 1. The molecule has 7 heteroatoms. The van der Waals surface area contributed by atoms with Crippen LogP contribution in [0.15, 0.2) is 83.8 Å². The fraction of sp³-hybridized carbons (Fsp3) is 0.103. The quantitative estimate of drug-likeness (QED) is 0.241. The highest BCUT2D eigenvalue weighted by molar-refractivity contribution is 8.26. The lowest BCUT2D eigenvalue weighted by molar-refractivity contribution is -0.122. The monoisotopic (exact) mass is 510 g/mol. The predicted octanol–water partition coefficient (Wildman–Crippen LogP) is 6.35. The van der Waals surface area contributed by atoms with Crippen LogP contribution < -0.4 is 0 Å². The van der Waals surface area contributed by atoms with E-state index in [2.05, 4.69) is 19.1 Å². The molecule has 1 N–H and O–H groups in total. The van der Waals surface area contributed by atoms with Crippen LogP contribution in [0.2, 0.25) is 0 Å². The number of rotatable bonds is 6. The van der Waals surface area contributed by atoms with Gasteiger partial charge in [0.2, 0.25) is 0 Å². The first-order valence-electron chi connectivity index (χ1n) is 11.4. The van der Waals surface area contributed by atoms with Crippen molar-refractivity contribution in [2.45, 2.75) is 13.3 Å². The summed E-state index contributed by atoms with van der Waals surface area (Å²) >= 11 is 6.79. The molecule has 0 spiro atoms. The smallest absolute Gasteiger partial charge is 0.335 e. The summed E-state index contributed by atoms with van der Waals surface area (Å²) in [5.74, 6) is -1.07. The predicted molar refractivity (Wildman–Crippen MR) is 149 cm³/mol. The van der Waals surface area contributed by atoms with E-state index >= 15 is 0 Å². The van der Waals surface area contributed by atoms with E-state index in [1.165, 1.54) is 11.8 Å². The number of thioether (sulfide) groups is 1. The number of carbonyl (C=O) groups excluding carboxylic acids is 1. The molecule has 5 rings (SSSR count). The lowest BCUT2D eigenvalue weighted by Crippen LogP contribution is -2.30. The van der Waals surface area contributed by atoms with E-state index in [0.717, 1.165) is 38.9 Å². The highest BCUT2D eigenvalue weighted by Crippen LogP contribution is 2.33. The Morgan fingerprint density at radius 1 is 1.06 bits per heavy atom. The Hall–Kier alpha value is -3.81. The molecule has 1 aromatic heterocycles. The number of hydrogen-bond acceptors (Lipinski definition) is 5. The van der Waals surface area contributed by atoms with Crippen LogP contribution in [0.5, 0.6) is 0 Å². The Bertz CT molecular complexity index is 1540. The number of carbonyl (C=O) groups is 2. The van der Waals surface area contributed by atoms with Gasteiger partial charge in [-0.15, -0.1) is 0 Å². The molecule has 2 heterocycles. The Labute approximate surface area is 218 Å². The number of carboxylic acid groups (broad SMARTS) is 1. The first kappa shape index (κ1) is 23.9. The molecule has 4 aromatic rings. The molecule has 0 bridgehead atoms.